The van der Waals surface area contributed by atoms with Crippen molar-refractivity contribution in [3.63, 3.8) is 0 Å². The van der Waals surface area contributed by atoms with Gasteiger partial charge in [-0.1, -0.05) is 30.3 Å². The van der Waals surface area contributed by atoms with Crippen molar-refractivity contribution in [2.24, 2.45) is 0 Å². The standard InChI is InChI=1S/C17H17NO2S/c1-20-17(19)14-7-8-16-15(11-14)18(9-10-21-16)12-13-5-3-2-4-6-13/h2-8,11H,9-10,12H2,1H3. The maximum absolute atomic E-state index is 11.7. The molecule has 2 aromatic rings. The molecule has 0 spiro atoms. The first-order chi connectivity index (χ1) is 10.3. The van der Waals surface area contributed by atoms with Gasteiger partial charge < -0.3 is 9.64 Å². The van der Waals surface area contributed by atoms with Crippen LogP contribution in [-0.4, -0.2) is 25.4 Å². The Kier molecular flexibility index (Phi) is 4.15. The van der Waals surface area contributed by atoms with Crippen LogP contribution in [0.15, 0.2) is 53.4 Å². The predicted molar refractivity (Wildman–Crippen MR) is 86.0 cm³/mol. The first-order valence-electron chi connectivity index (χ1n) is 6.92. The number of methoxy groups -OCH3 is 1. The molecule has 2 aromatic carbocycles. The van der Waals surface area contributed by atoms with Crippen LogP contribution in [0.1, 0.15) is 15.9 Å². The molecule has 0 radical (unpaired) electrons. The Morgan fingerprint density at radius 1 is 1.24 bits per heavy atom. The molecule has 1 aliphatic rings. The van der Waals surface area contributed by atoms with Crippen molar-refractivity contribution in [1.29, 1.82) is 0 Å². The van der Waals surface area contributed by atoms with E-state index in [1.165, 1.54) is 17.6 Å². The number of anilines is 1. The van der Waals surface area contributed by atoms with Gasteiger partial charge in [-0.3, -0.25) is 0 Å². The van der Waals surface area contributed by atoms with E-state index >= 15 is 0 Å². The Hall–Kier alpha value is -1.94. The minimum absolute atomic E-state index is 0.284. The zero-order valence-electron chi connectivity index (χ0n) is 11.9. The number of rotatable bonds is 3. The van der Waals surface area contributed by atoms with Crippen molar-refractivity contribution in [2.75, 3.05) is 24.3 Å². The summed E-state index contributed by atoms with van der Waals surface area (Å²) < 4.78 is 4.82. The maximum Gasteiger partial charge on any atom is 0.337 e. The molecular formula is C17H17NO2S. The molecule has 0 aliphatic carbocycles. The normalized spacial score (nSPS) is 13.7. The first-order valence-corrected chi connectivity index (χ1v) is 7.90. The molecule has 0 amide bonds. The third-order valence-corrected chi connectivity index (χ3v) is 4.60. The van der Waals surface area contributed by atoms with Crippen molar-refractivity contribution < 1.29 is 9.53 Å². The SMILES string of the molecule is COC(=O)c1ccc2c(c1)N(Cc1ccccc1)CCS2. The van der Waals surface area contributed by atoms with E-state index in [-0.39, 0.29) is 5.97 Å². The maximum atomic E-state index is 11.7. The van der Waals surface area contributed by atoms with Gasteiger partial charge in [0.05, 0.1) is 18.4 Å². The molecule has 0 aromatic heterocycles. The van der Waals surface area contributed by atoms with Crippen molar-refractivity contribution >= 4 is 23.4 Å². The van der Waals surface area contributed by atoms with E-state index in [1.807, 2.05) is 36.0 Å². The highest BCUT2D eigenvalue weighted by Crippen LogP contribution is 2.36. The lowest BCUT2D eigenvalue weighted by atomic mass is 10.1. The quantitative estimate of drug-likeness (QED) is 0.810. The molecule has 3 nitrogen and oxygen atoms in total. The predicted octanol–water partition coefficient (Wildman–Crippen LogP) is 3.59. The van der Waals surface area contributed by atoms with E-state index in [2.05, 4.69) is 29.2 Å². The molecule has 0 unspecified atom stereocenters. The number of benzene rings is 2. The summed E-state index contributed by atoms with van der Waals surface area (Å²) >= 11 is 1.84. The van der Waals surface area contributed by atoms with Crippen LogP contribution in [0, 0.1) is 0 Å². The Bertz CT molecular complexity index is 642. The Labute approximate surface area is 128 Å². The van der Waals surface area contributed by atoms with Gasteiger partial charge in [0.15, 0.2) is 0 Å². The van der Waals surface area contributed by atoms with E-state index in [0.717, 1.165) is 24.5 Å². The van der Waals surface area contributed by atoms with Crippen molar-refractivity contribution in [2.45, 2.75) is 11.4 Å². The largest absolute Gasteiger partial charge is 0.465 e. The highest BCUT2D eigenvalue weighted by atomic mass is 32.2. The van der Waals surface area contributed by atoms with E-state index in [9.17, 15) is 4.79 Å². The lowest BCUT2D eigenvalue weighted by molar-refractivity contribution is 0.0600. The van der Waals surface area contributed by atoms with Gasteiger partial charge in [-0.25, -0.2) is 4.79 Å². The molecule has 1 heterocycles. The van der Waals surface area contributed by atoms with Crippen LogP contribution >= 0.6 is 11.8 Å². The summed E-state index contributed by atoms with van der Waals surface area (Å²) in [7, 11) is 1.41. The van der Waals surface area contributed by atoms with Gasteiger partial charge in [-0.15, -0.1) is 11.8 Å². The second-order valence-electron chi connectivity index (χ2n) is 4.93. The lowest BCUT2D eigenvalue weighted by Gasteiger charge is -2.31. The summed E-state index contributed by atoms with van der Waals surface area (Å²) in [6.45, 7) is 1.84. The molecular weight excluding hydrogens is 282 g/mol. The minimum atomic E-state index is -0.284. The molecule has 0 saturated carbocycles. The smallest absolute Gasteiger partial charge is 0.337 e. The zero-order valence-corrected chi connectivity index (χ0v) is 12.7. The van der Waals surface area contributed by atoms with E-state index < -0.39 is 0 Å². The second-order valence-corrected chi connectivity index (χ2v) is 6.07. The molecule has 1 aliphatic heterocycles. The summed E-state index contributed by atoms with van der Waals surface area (Å²) in [5.41, 5.74) is 3.01. The van der Waals surface area contributed by atoms with Crippen molar-refractivity contribution in [3.8, 4) is 0 Å². The highest BCUT2D eigenvalue weighted by molar-refractivity contribution is 7.99. The van der Waals surface area contributed by atoms with Crippen LogP contribution in [0.2, 0.25) is 0 Å². The lowest BCUT2D eigenvalue weighted by Crippen LogP contribution is -2.28. The zero-order chi connectivity index (χ0) is 14.7. The fourth-order valence-corrected chi connectivity index (χ4v) is 3.52. The van der Waals surface area contributed by atoms with Crippen molar-refractivity contribution in [3.05, 3.63) is 59.7 Å². The number of nitrogens with zero attached hydrogens (tertiary/aromatic N) is 1. The first kappa shape index (κ1) is 14.0. The van der Waals surface area contributed by atoms with E-state index in [0.29, 0.717) is 5.56 Å². The van der Waals surface area contributed by atoms with Gasteiger partial charge in [0.2, 0.25) is 0 Å². The number of carbonyl (C=O) groups excluding carboxylic acids is 1. The topological polar surface area (TPSA) is 29.5 Å². The third-order valence-electron chi connectivity index (χ3n) is 3.56. The molecule has 3 rings (SSSR count). The number of esters is 1. The van der Waals surface area contributed by atoms with Gasteiger partial charge >= 0.3 is 5.97 Å². The monoisotopic (exact) mass is 299 g/mol. The van der Waals surface area contributed by atoms with Crippen LogP contribution in [0.5, 0.6) is 0 Å². The van der Waals surface area contributed by atoms with Crippen LogP contribution < -0.4 is 4.90 Å². The third kappa shape index (κ3) is 3.05. The second kappa shape index (κ2) is 6.22. The number of carbonyl (C=O) groups is 1. The Morgan fingerprint density at radius 2 is 2.05 bits per heavy atom. The summed E-state index contributed by atoms with van der Waals surface area (Å²) in [5, 5.41) is 0. The van der Waals surface area contributed by atoms with Crippen molar-refractivity contribution in [1.82, 2.24) is 0 Å². The van der Waals surface area contributed by atoms with Crippen LogP contribution in [-0.2, 0) is 11.3 Å². The fourth-order valence-electron chi connectivity index (χ4n) is 2.49. The highest BCUT2D eigenvalue weighted by Gasteiger charge is 2.19. The number of hydrogen-bond acceptors (Lipinski definition) is 4. The van der Waals surface area contributed by atoms with Crippen LogP contribution in [0.4, 0.5) is 5.69 Å². The molecule has 0 bridgehead atoms. The van der Waals surface area contributed by atoms with Gasteiger partial charge in [-0.05, 0) is 23.8 Å². The number of hydrogen-bond donors (Lipinski definition) is 0. The summed E-state index contributed by atoms with van der Waals surface area (Å²) in [6.07, 6.45) is 0. The van der Waals surface area contributed by atoms with Gasteiger partial charge in [0.1, 0.15) is 0 Å². The van der Waals surface area contributed by atoms with E-state index in [1.54, 1.807) is 0 Å². The van der Waals surface area contributed by atoms with Gasteiger partial charge in [0, 0.05) is 23.7 Å². The molecule has 0 N–H and O–H groups in total. The number of fused-ring (bicyclic) bond motifs is 1. The summed E-state index contributed by atoms with van der Waals surface area (Å²) in [5.74, 6) is 0.783. The Balaban J connectivity index is 1.90. The molecule has 21 heavy (non-hydrogen) atoms. The molecule has 0 fully saturated rings. The average Bonchev–Trinajstić information content (AvgIpc) is 2.55. The molecule has 0 saturated heterocycles. The molecule has 4 heteroatoms. The number of ether oxygens (including phenoxy) is 1. The number of thioether (sulfide) groups is 1. The fraction of sp³-hybridized carbons (Fsp3) is 0.235. The van der Waals surface area contributed by atoms with Crippen LogP contribution in [0.25, 0.3) is 0 Å². The molecule has 0 atom stereocenters. The average molecular weight is 299 g/mol. The van der Waals surface area contributed by atoms with Crippen LogP contribution in [0.3, 0.4) is 0 Å². The summed E-state index contributed by atoms with van der Waals surface area (Å²) in [6, 6.07) is 16.2. The minimum Gasteiger partial charge on any atom is -0.465 e. The van der Waals surface area contributed by atoms with Gasteiger partial charge in [0.25, 0.3) is 0 Å². The van der Waals surface area contributed by atoms with Gasteiger partial charge in [-0.2, -0.15) is 0 Å². The molecule has 108 valence electrons. The summed E-state index contributed by atoms with van der Waals surface area (Å²) in [4.78, 5) is 15.3. The van der Waals surface area contributed by atoms with E-state index in [4.69, 9.17) is 4.74 Å². The Morgan fingerprint density at radius 3 is 2.81 bits per heavy atom.